The van der Waals surface area contributed by atoms with E-state index < -0.39 is 17.7 Å². The van der Waals surface area contributed by atoms with Crippen LogP contribution in [0.4, 0.5) is 14.9 Å². The molecule has 1 aromatic carbocycles. The summed E-state index contributed by atoms with van der Waals surface area (Å²) in [4.78, 5) is 17.6. The molecule has 0 bridgehead atoms. The number of amides is 1. The molecule has 0 aliphatic carbocycles. The molecule has 5 nitrogen and oxygen atoms in total. The molecule has 0 saturated carbocycles. The second-order valence-electron chi connectivity index (χ2n) is 2.83. The lowest BCUT2D eigenvalue weighted by Gasteiger charge is -2.10. The number of carbonyl (C=O) groups excluding carboxylic acids is 1. The number of carbonyl (C=O) groups is 1. The van der Waals surface area contributed by atoms with Crippen molar-refractivity contribution < 1.29 is 18.7 Å². The zero-order valence-corrected chi connectivity index (χ0v) is 11.7. The summed E-state index contributed by atoms with van der Waals surface area (Å²) in [6.07, 6.45) is -1.18. The van der Waals surface area contributed by atoms with Crippen LogP contribution in [-0.4, -0.2) is 23.5 Å². The van der Waals surface area contributed by atoms with Crippen LogP contribution in [0.25, 0.3) is 0 Å². The summed E-state index contributed by atoms with van der Waals surface area (Å²) in [5.74, 6) is -1.55. The first-order valence-corrected chi connectivity index (χ1v) is 5.68. The summed E-state index contributed by atoms with van der Waals surface area (Å²) >= 11 is 14.4. The number of rotatable bonds is 3. The maximum atomic E-state index is 14.0. The van der Waals surface area contributed by atoms with Crippen LogP contribution in [0.1, 0.15) is 0 Å². The topological polar surface area (TPSA) is 60.2 Å². The number of nitrogens with zero attached hydrogens (tertiary/aromatic N) is 2. The van der Waals surface area contributed by atoms with E-state index in [4.69, 9.17) is 16.3 Å². The smallest absolute Gasteiger partial charge is 0.448 e. The third kappa shape index (κ3) is 3.64. The van der Waals surface area contributed by atoms with E-state index in [2.05, 4.69) is 39.2 Å². The molecule has 1 rings (SSSR count). The zero-order chi connectivity index (χ0) is 14.4. The van der Waals surface area contributed by atoms with Crippen LogP contribution in [-0.2, 0) is 0 Å². The Hall–Kier alpha value is -1.69. The van der Waals surface area contributed by atoms with Gasteiger partial charge in [-0.25, -0.2) is 9.18 Å². The van der Waals surface area contributed by atoms with E-state index in [0.29, 0.717) is 0 Å². The minimum atomic E-state index is -1.18. The first-order valence-electron chi connectivity index (χ1n) is 4.48. The standard InChI is InChI=1S/C10H4ClFN2O3S2/c1-16-6-2-5(13-3-18)8(12)9(7(6)11)17-10(15)14-4-19/h2H,1H3. The summed E-state index contributed by atoms with van der Waals surface area (Å²) in [6, 6.07) is 1.18. The predicted molar refractivity (Wildman–Crippen MR) is 73.7 cm³/mol. The Bertz CT molecular complexity index is 626. The Kier molecular flexibility index (Phi) is 5.69. The van der Waals surface area contributed by atoms with Crippen molar-refractivity contribution >= 4 is 58.1 Å². The number of aliphatic imine (C=N–C) groups is 2. The molecule has 0 saturated heterocycles. The number of halogens is 2. The lowest BCUT2D eigenvalue weighted by molar-refractivity contribution is 0.209. The van der Waals surface area contributed by atoms with E-state index in [0.717, 1.165) is 0 Å². The van der Waals surface area contributed by atoms with Gasteiger partial charge in [0.05, 0.1) is 17.4 Å². The fourth-order valence-electron chi connectivity index (χ4n) is 1.09. The fraction of sp³-hybridized carbons (Fsp3) is 0.100. The van der Waals surface area contributed by atoms with Gasteiger partial charge in [-0.15, -0.1) is 4.99 Å². The lowest BCUT2D eigenvalue weighted by Crippen LogP contribution is -2.04. The Morgan fingerprint density at radius 1 is 1.47 bits per heavy atom. The largest absolute Gasteiger partial charge is 0.495 e. The number of hydrogen-bond donors (Lipinski definition) is 0. The molecule has 0 aliphatic heterocycles. The third-order valence-electron chi connectivity index (χ3n) is 1.82. The van der Waals surface area contributed by atoms with E-state index in [9.17, 15) is 9.18 Å². The van der Waals surface area contributed by atoms with E-state index in [1.807, 2.05) is 5.16 Å². The Morgan fingerprint density at radius 2 is 2.16 bits per heavy atom. The predicted octanol–water partition coefficient (Wildman–Crippen LogP) is 3.82. The van der Waals surface area contributed by atoms with Crippen LogP contribution in [0.15, 0.2) is 16.1 Å². The second-order valence-corrected chi connectivity index (χ2v) is 3.57. The van der Waals surface area contributed by atoms with Gasteiger partial charge in [0.25, 0.3) is 0 Å². The molecule has 0 aliphatic rings. The van der Waals surface area contributed by atoms with Gasteiger partial charge in [-0.1, -0.05) is 11.6 Å². The monoisotopic (exact) mass is 318 g/mol. The number of hydrogen-bond acceptors (Lipinski definition) is 6. The quantitative estimate of drug-likeness (QED) is 0.626. The highest BCUT2D eigenvalue weighted by molar-refractivity contribution is 7.78. The maximum Gasteiger partial charge on any atom is 0.448 e. The van der Waals surface area contributed by atoms with Gasteiger partial charge in [-0.3, -0.25) is 0 Å². The summed E-state index contributed by atoms with van der Waals surface area (Å²) in [6.45, 7) is 0. The van der Waals surface area contributed by atoms with Gasteiger partial charge < -0.3 is 9.47 Å². The van der Waals surface area contributed by atoms with Crippen LogP contribution in [0.2, 0.25) is 5.02 Å². The molecule has 0 spiro atoms. The van der Waals surface area contributed by atoms with Gasteiger partial charge in [0.2, 0.25) is 0 Å². The normalized spacial score (nSPS) is 9.00. The van der Waals surface area contributed by atoms with Gasteiger partial charge in [0.15, 0.2) is 11.6 Å². The van der Waals surface area contributed by atoms with E-state index in [1.165, 1.54) is 13.2 Å². The molecule has 0 aromatic heterocycles. The number of ether oxygens (including phenoxy) is 2. The third-order valence-corrected chi connectivity index (χ3v) is 2.36. The van der Waals surface area contributed by atoms with Crippen LogP contribution in [0.3, 0.4) is 0 Å². The molecule has 98 valence electrons. The van der Waals surface area contributed by atoms with E-state index in [-0.39, 0.29) is 16.5 Å². The minimum absolute atomic E-state index is 0.0428. The van der Waals surface area contributed by atoms with Gasteiger partial charge >= 0.3 is 6.09 Å². The Balaban J connectivity index is 3.42. The maximum absolute atomic E-state index is 14.0. The molecule has 1 aromatic rings. The molecule has 0 unspecified atom stereocenters. The van der Waals surface area contributed by atoms with E-state index >= 15 is 0 Å². The van der Waals surface area contributed by atoms with Gasteiger partial charge in [-0.2, -0.15) is 4.99 Å². The molecule has 0 heterocycles. The SMILES string of the molecule is COc1cc(N=C=S)c(F)c(OC(=O)N=C=S)c1Cl. The highest BCUT2D eigenvalue weighted by Crippen LogP contribution is 2.41. The molecule has 1 amide bonds. The Morgan fingerprint density at radius 3 is 2.68 bits per heavy atom. The van der Waals surface area contributed by atoms with Gasteiger partial charge in [0, 0.05) is 6.07 Å². The number of isothiocyanates is 2. The first-order chi connectivity index (χ1) is 9.04. The second kappa shape index (κ2) is 7.04. The van der Waals surface area contributed by atoms with Crippen molar-refractivity contribution in [3.63, 3.8) is 0 Å². The fourth-order valence-corrected chi connectivity index (χ4v) is 1.52. The minimum Gasteiger partial charge on any atom is -0.495 e. The summed E-state index contributed by atoms with van der Waals surface area (Å²) in [5, 5.41) is 3.50. The molecule has 0 atom stereocenters. The van der Waals surface area contributed by atoms with Gasteiger partial charge in [0.1, 0.15) is 16.5 Å². The molecular weight excluding hydrogens is 315 g/mol. The molecule has 0 N–H and O–H groups in total. The van der Waals surface area contributed by atoms with Crippen LogP contribution in [0, 0.1) is 5.82 Å². The summed E-state index contributed by atoms with van der Waals surface area (Å²) in [5.41, 5.74) is -0.245. The first kappa shape index (κ1) is 15.4. The molecule has 9 heteroatoms. The highest BCUT2D eigenvalue weighted by Gasteiger charge is 2.21. The molecule has 19 heavy (non-hydrogen) atoms. The summed E-state index contributed by atoms with van der Waals surface area (Å²) in [7, 11) is 1.30. The highest BCUT2D eigenvalue weighted by atomic mass is 35.5. The van der Waals surface area contributed by atoms with Crippen molar-refractivity contribution in [2.45, 2.75) is 0 Å². The molecule has 0 radical (unpaired) electrons. The van der Waals surface area contributed by atoms with Crippen LogP contribution in [0.5, 0.6) is 11.5 Å². The molecule has 0 fully saturated rings. The molecular formula is C10H4ClFN2O3S2. The van der Waals surface area contributed by atoms with Crippen molar-refractivity contribution in [3.05, 3.63) is 16.9 Å². The van der Waals surface area contributed by atoms with Crippen LogP contribution < -0.4 is 9.47 Å². The van der Waals surface area contributed by atoms with Crippen LogP contribution >= 0.6 is 36.0 Å². The number of methoxy groups -OCH3 is 1. The zero-order valence-electron chi connectivity index (χ0n) is 9.27. The van der Waals surface area contributed by atoms with Crippen molar-refractivity contribution in [3.8, 4) is 11.5 Å². The van der Waals surface area contributed by atoms with Crippen molar-refractivity contribution in [2.75, 3.05) is 7.11 Å². The van der Waals surface area contributed by atoms with E-state index in [1.54, 1.807) is 5.16 Å². The van der Waals surface area contributed by atoms with Crippen molar-refractivity contribution in [1.29, 1.82) is 0 Å². The summed E-state index contributed by atoms with van der Waals surface area (Å²) < 4.78 is 23.4. The van der Waals surface area contributed by atoms with Crippen molar-refractivity contribution in [1.82, 2.24) is 0 Å². The average Bonchev–Trinajstić information content (AvgIpc) is 2.38. The lowest BCUT2D eigenvalue weighted by atomic mass is 10.2. The average molecular weight is 319 g/mol. The Labute approximate surface area is 122 Å². The van der Waals surface area contributed by atoms with Crippen molar-refractivity contribution in [2.24, 2.45) is 9.98 Å². The number of benzene rings is 1. The number of thiocarbonyl (C=S) groups is 2. The van der Waals surface area contributed by atoms with Gasteiger partial charge in [-0.05, 0) is 24.4 Å².